The number of hydrogen-bond donors (Lipinski definition) is 1. The minimum absolute atomic E-state index is 0.259. The predicted octanol–water partition coefficient (Wildman–Crippen LogP) is 2.62. The van der Waals surface area contributed by atoms with Gasteiger partial charge in [0, 0.05) is 31.9 Å². The summed E-state index contributed by atoms with van der Waals surface area (Å²) < 4.78 is 5.02. The molecule has 1 aliphatic rings. The maximum atomic E-state index is 12.5. The molecule has 1 aliphatic heterocycles. The van der Waals surface area contributed by atoms with Gasteiger partial charge in [-0.1, -0.05) is 12.1 Å². The Kier molecular flexibility index (Phi) is 6.08. The Hall–Kier alpha value is -3.16. The third-order valence-electron chi connectivity index (χ3n) is 4.64. The van der Waals surface area contributed by atoms with Crippen LogP contribution in [-0.4, -0.2) is 59.7 Å². The first-order chi connectivity index (χ1) is 13.5. The lowest BCUT2D eigenvalue weighted by Crippen LogP contribution is -2.49. The molecule has 3 rings (SSSR count). The standard InChI is InChI=1S/C20H25N5O3/c1-4-28-20(27)25-9-7-24(8-10-25)18-13-21-17(12-22-18)19(26)23-16-11-14(2)5-6-15(16)3/h5-6,11-13H,4,7-10H2,1-3H3,(H,23,26). The number of nitrogens with zero attached hydrogens (tertiary/aromatic N) is 4. The number of ether oxygens (including phenoxy) is 1. The molecule has 2 amide bonds. The van der Waals surface area contributed by atoms with Crippen LogP contribution in [0.5, 0.6) is 0 Å². The number of hydrogen-bond acceptors (Lipinski definition) is 6. The Morgan fingerprint density at radius 3 is 2.50 bits per heavy atom. The number of aromatic nitrogens is 2. The van der Waals surface area contributed by atoms with Gasteiger partial charge in [-0.25, -0.2) is 14.8 Å². The maximum Gasteiger partial charge on any atom is 0.409 e. The molecule has 1 aromatic carbocycles. The van der Waals surface area contributed by atoms with Crippen LogP contribution in [0, 0.1) is 13.8 Å². The van der Waals surface area contributed by atoms with Gasteiger partial charge >= 0.3 is 6.09 Å². The number of anilines is 2. The van der Waals surface area contributed by atoms with E-state index >= 15 is 0 Å². The summed E-state index contributed by atoms with van der Waals surface area (Å²) in [5.41, 5.74) is 3.09. The average Bonchev–Trinajstić information content (AvgIpc) is 2.71. The van der Waals surface area contributed by atoms with Crippen LogP contribution in [0.2, 0.25) is 0 Å². The van der Waals surface area contributed by atoms with E-state index in [4.69, 9.17) is 4.74 Å². The molecule has 1 N–H and O–H groups in total. The molecule has 0 saturated carbocycles. The average molecular weight is 383 g/mol. The molecule has 8 heteroatoms. The van der Waals surface area contributed by atoms with Crippen molar-refractivity contribution < 1.29 is 14.3 Å². The van der Waals surface area contributed by atoms with Crippen LogP contribution in [0.15, 0.2) is 30.6 Å². The predicted molar refractivity (Wildman–Crippen MR) is 107 cm³/mol. The third-order valence-corrected chi connectivity index (χ3v) is 4.64. The number of piperazine rings is 1. The van der Waals surface area contributed by atoms with Gasteiger partial charge in [-0.2, -0.15) is 0 Å². The minimum Gasteiger partial charge on any atom is -0.450 e. The number of rotatable bonds is 4. The second kappa shape index (κ2) is 8.69. The van der Waals surface area contributed by atoms with Crippen LogP contribution < -0.4 is 10.2 Å². The highest BCUT2D eigenvalue weighted by molar-refractivity contribution is 6.03. The van der Waals surface area contributed by atoms with Crippen molar-refractivity contribution in [1.82, 2.24) is 14.9 Å². The first-order valence-corrected chi connectivity index (χ1v) is 9.35. The van der Waals surface area contributed by atoms with E-state index in [1.165, 1.54) is 6.20 Å². The normalized spacial score (nSPS) is 14.0. The summed E-state index contributed by atoms with van der Waals surface area (Å²) in [7, 11) is 0. The van der Waals surface area contributed by atoms with Crippen LogP contribution in [0.3, 0.4) is 0 Å². The molecule has 0 unspecified atom stereocenters. The second-order valence-electron chi connectivity index (χ2n) is 6.71. The number of carbonyl (C=O) groups excluding carboxylic acids is 2. The Morgan fingerprint density at radius 1 is 1.11 bits per heavy atom. The van der Waals surface area contributed by atoms with E-state index in [9.17, 15) is 9.59 Å². The molecular weight excluding hydrogens is 358 g/mol. The van der Waals surface area contributed by atoms with Crippen molar-refractivity contribution in [2.24, 2.45) is 0 Å². The monoisotopic (exact) mass is 383 g/mol. The molecule has 0 radical (unpaired) electrons. The van der Waals surface area contributed by atoms with E-state index in [1.807, 2.05) is 36.9 Å². The van der Waals surface area contributed by atoms with E-state index in [2.05, 4.69) is 15.3 Å². The quantitative estimate of drug-likeness (QED) is 0.873. The number of amides is 2. The van der Waals surface area contributed by atoms with Crippen molar-refractivity contribution in [2.75, 3.05) is 43.0 Å². The summed E-state index contributed by atoms with van der Waals surface area (Å²) in [6.07, 6.45) is 2.79. The number of carbonyl (C=O) groups is 2. The van der Waals surface area contributed by atoms with Gasteiger partial charge in [-0.3, -0.25) is 4.79 Å². The van der Waals surface area contributed by atoms with Crippen molar-refractivity contribution >= 4 is 23.5 Å². The summed E-state index contributed by atoms with van der Waals surface area (Å²) in [6.45, 7) is 8.50. The fraction of sp³-hybridized carbons (Fsp3) is 0.400. The first-order valence-electron chi connectivity index (χ1n) is 9.35. The smallest absolute Gasteiger partial charge is 0.409 e. The second-order valence-corrected chi connectivity index (χ2v) is 6.71. The zero-order valence-electron chi connectivity index (χ0n) is 16.4. The van der Waals surface area contributed by atoms with Crippen LogP contribution in [0.4, 0.5) is 16.3 Å². The van der Waals surface area contributed by atoms with Crippen molar-refractivity contribution in [3.05, 3.63) is 47.4 Å². The van der Waals surface area contributed by atoms with Gasteiger partial charge in [-0.15, -0.1) is 0 Å². The molecule has 1 saturated heterocycles. The van der Waals surface area contributed by atoms with E-state index in [-0.39, 0.29) is 17.7 Å². The van der Waals surface area contributed by atoms with Crippen LogP contribution in [0.1, 0.15) is 28.5 Å². The fourth-order valence-corrected chi connectivity index (χ4v) is 2.99. The lowest BCUT2D eigenvalue weighted by molar-refractivity contribution is 0.101. The summed E-state index contributed by atoms with van der Waals surface area (Å²) in [4.78, 5) is 36.6. The van der Waals surface area contributed by atoms with Gasteiger partial charge in [0.15, 0.2) is 0 Å². The molecule has 148 valence electrons. The van der Waals surface area contributed by atoms with Crippen LogP contribution >= 0.6 is 0 Å². The Bertz CT molecular complexity index is 845. The van der Waals surface area contributed by atoms with Gasteiger partial charge in [0.05, 0.1) is 19.0 Å². The Morgan fingerprint density at radius 2 is 1.86 bits per heavy atom. The highest BCUT2D eigenvalue weighted by atomic mass is 16.6. The first kappa shape index (κ1) is 19.6. The van der Waals surface area contributed by atoms with E-state index < -0.39 is 0 Å². The van der Waals surface area contributed by atoms with Crippen LogP contribution in [-0.2, 0) is 4.74 Å². The Balaban J connectivity index is 1.60. The van der Waals surface area contributed by atoms with Gasteiger partial charge in [0.1, 0.15) is 11.5 Å². The molecule has 0 atom stereocenters. The molecule has 0 bridgehead atoms. The summed E-state index contributed by atoms with van der Waals surface area (Å²) in [5.74, 6) is 0.395. The topological polar surface area (TPSA) is 87.7 Å². The van der Waals surface area contributed by atoms with Crippen molar-refractivity contribution in [2.45, 2.75) is 20.8 Å². The highest BCUT2D eigenvalue weighted by Gasteiger charge is 2.23. The molecule has 2 heterocycles. The van der Waals surface area contributed by atoms with Gasteiger partial charge in [0.2, 0.25) is 0 Å². The van der Waals surface area contributed by atoms with Gasteiger partial charge in [-0.05, 0) is 38.0 Å². The van der Waals surface area contributed by atoms with E-state index in [1.54, 1.807) is 18.0 Å². The van der Waals surface area contributed by atoms with E-state index in [0.717, 1.165) is 16.8 Å². The zero-order valence-corrected chi connectivity index (χ0v) is 16.4. The molecule has 0 aliphatic carbocycles. The maximum absolute atomic E-state index is 12.5. The van der Waals surface area contributed by atoms with Crippen molar-refractivity contribution in [3.63, 3.8) is 0 Å². The van der Waals surface area contributed by atoms with Crippen molar-refractivity contribution in [1.29, 1.82) is 0 Å². The third kappa shape index (κ3) is 4.57. The highest BCUT2D eigenvalue weighted by Crippen LogP contribution is 2.18. The number of nitrogens with one attached hydrogen (secondary N) is 1. The van der Waals surface area contributed by atoms with Crippen LogP contribution in [0.25, 0.3) is 0 Å². The van der Waals surface area contributed by atoms with Gasteiger partial charge in [0.25, 0.3) is 5.91 Å². The molecule has 8 nitrogen and oxygen atoms in total. The summed E-state index contributed by atoms with van der Waals surface area (Å²) >= 11 is 0. The number of benzene rings is 1. The van der Waals surface area contributed by atoms with Gasteiger partial charge < -0.3 is 19.9 Å². The SMILES string of the molecule is CCOC(=O)N1CCN(c2cnc(C(=O)Nc3cc(C)ccc3C)cn2)CC1. The summed E-state index contributed by atoms with van der Waals surface area (Å²) in [6, 6.07) is 5.90. The molecule has 1 aromatic heterocycles. The molecule has 0 spiro atoms. The molecule has 1 fully saturated rings. The Labute approximate surface area is 164 Å². The molecule has 28 heavy (non-hydrogen) atoms. The minimum atomic E-state index is -0.292. The largest absolute Gasteiger partial charge is 0.450 e. The van der Waals surface area contributed by atoms with Crippen molar-refractivity contribution in [3.8, 4) is 0 Å². The summed E-state index contributed by atoms with van der Waals surface area (Å²) in [5, 5.41) is 2.88. The fourth-order valence-electron chi connectivity index (χ4n) is 2.99. The lowest BCUT2D eigenvalue weighted by atomic mass is 10.1. The molecular formula is C20H25N5O3. The zero-order chi connectivity index (χ0) is 20.1. The lowest BCUT2D eigenvalue weighted by Gasteiger charge is -2.34. The molecule has 2 aromatic rings. The number of aryl methyl sites for hydroxylation is 2. The van der Waals surface area contributed by atoms with E-state index in [0.29, 0.717) is 38.6 Å².